The van der Waals surface area contributed by atoms with Gasteiger partial charge in [-0.05, 0) is 44.2 Å². The van der Waals surface area contributed by atoms with Crippen LogP contribution in [0.2, 0.25) is 0 Å². The Balaban J connectivity index is 2.10. The largest absolute Gasteiger partial charge is 0.396 e. The molecule has 1 aromatic heterocycles. The molecule has 0 amide bonds. The summed E-state index contributed by atoms with van der Waals surface area (Å²) >= 11 is 0. The number of hydrogen-bond donors (Lipinski definition) is 3. The van der Waals surface area contributed by atoms with E-state index in [0.717, 1.165) is 24.5 Å². The van der Waals surface area contributed by atoms with Crippen LogP contribution in [-0.4, -0.2) is 45.5 Å². The summed E-state index contributed by atoms with van der Waals surface area (Å²) in [5.74, 6) is 1.46. The number of aryl methyl sites for hydroxylation is 1. The molecule has 2 rings (SSSR count). The quantitative estimate of drug-likeness (QED) is 0.727. The minimum absolute atomic E-state index is 0.0236. The lowest BCUT2D eigenvalue weighted by Gasteiger charge is -2.25. The van der Waals surface area contributed by atoms with Crippen LogP contribution in [0.3, 0.4) is 0 Å². The summed E-state index contributed by atoms with van der Waals surface area (Å²) in [6.07, 6.45) is 2.80. The van der Waals surface area contributed by atoms with Crippen molar-refractivity contribution in [2.24, 2.45) is 17.8 Å². The zero-order valence-electron chi connectivity index (χ0n) is 13.2. The molecule has 3 N–H and O–H groups in total. The summed E-state index contributed by atoms with van der Waals surface area (Å²) in [5, 5.41) is 23.4. The molecule has 1 heterocycles. The third-order valence-electron chi connectivity index (χ3n) is 4.33. The minimum Gasteiger partial charge on any atom is -0.396 e. The van der Waals surface area contributed by atoms with Crippen molar-refractivity contribution in [3.63, 3.8) is 0 Å². The van der Waals surface area contributed by atoms with E-state index >= 15 is 0 Å². The van der Waals surface area contributed by atoms with E-state index in [0.29, 0.717) is 12.3 Å². The van der Waals surface area contributed by atoms with Gasteiger partial charge in [-0.1, -0.05) is 13.8 Å². The predicted molar refractivity (Wildman–Crippen MR) is 81.8 cm³/mol. The van der Waals surface area contributed by atoms with Crippen LogP contribution < -0.4 is 5.32 Å². The molecule has 0 aromatic carbocycles. The van der Waals surface area contributed by atoms with E-state index in [1.54, 1.807) is 6.20 Å². The van der Waals surface area contributed by atoms with Gasteiger partial charge in [-0.3, -0.25) is 0 Å². The normalized spacial score (nSPS) is 29.2. The monoisotopic (exact) mass is 293 g/mol. The van der Waals surface area contributed by atoms with Gasteiger partial charge in [0.15, 0.2) is 0 Å². The molecule has 0 spiro atoms. The van der Waals surface area contributed by atoms with E-state index in [2.05, 4.69) is 29.1 Å². The van der Waals surface area contributed by atoms with Crippen molar-refractivity contribution in [3.05, 3.63) is 23.8 Å². The van der Waals surface area contributed by atoms with Gasteiger partial charge in [-0.25, -0.2) is 9.97 Å². The Kier molecular flexibility index (Phi) is 5.67. The van der Waals surface area contributed by atoms with Crippen LogP contribution >= 0.6 is 0 Å². The van der Waals surface area contributed by atoms with Crippen molar-refractivity contribution < 1.29 is 10.2 Å². The number of rotatable bonds is 6. The van der Waals surface area contributed by atoms with Crippen LogP contribution in [-0.2, 0) is 6.42 Å². The molecule has 1 fully saturated rings. The van der Waals surface area contributed by atoms with Gasteiger partial charge in [0, 0.05) is 30.5 Å². The minimum atomic E-state index is -0.437. The summed E-state index contributed by atoms with van der Waals surface area (Å²) in [6.45, 7) is 7.17. The second-order valence-electron chi connectivity index (χ2n) is 6.52. The highest BCUT2D eigenvalue weighted by molar-refractivity contribution is 5.07. The van der Waals surface area contributed by atoms with Crippen molar-refractivity contribution in [1.82, 2.24) is 15.3 Å². The number of nitrogens with one attached hydrogen (secondary N) is 1. The molecule has 0 bridgehead atoms. The van der Waals surface area contributed by atoms with Crippen molar-refractivity contribution in [2.45, 2.75) is 45.8 Å². The maximum absolute atomic E-state index is 10.2. The molecule has 0 radical (unpaired) electrons. The van der Waals surface area contributed by atoms with E-state index < -0.39 is 6.10 Å². The Morgan fingerprint density at radius 3 is 2.76 bits per heavy atom. The number of aromatic nitrogens is 2. The first-order valence-electron chi connectivity index (χ1n) is 7.82. The first-order valence-corrected chi connectivity index (χ1v) is 7.82. The zero-order valence-corrected chi connectivity index (χ0v) is 13.2. The Morgan fingerprint density at radius 2 is 2.14 bits per heavy atom. The molecule has 0 aliphatic heterocycles. The molecule has 118 valence electrons. The molecular formula is C16H27N3O2. The van der Waals surface area contributed by atoms with E-state index in [-0.39, 0.29) is 24.5 Å². The molecule has 5 nitrogen and oxygen atoms in total. The summed E-state index contributed by atoms with van der Waals surface area (Å²) < 4.78 is 0. The SMILES string of the molecule is Cc1nccc(CC2C(NCC(C)C)CC(O)C2CO)n1. The van der Waals surface area contributed by atoms with Crippen LogP contribution in [0.1, 0.15) is 31.8 Å². The average Bonchev–Trinajstić information content (AvgIpc) is 2.72. The van der Waals surface area contributed by atoms with Crippen molar-refractivity contribution in [1.29, 1.82) is 0 Å². The third kappa shape index (κ3) is 4.22. The van der Waals surface area contributed by atoms with E-state index in [1.165, 1.54) is 0 Å². The second kappa shape index (κ2) is 7.29. The molecule has 1 aromatic rings. The highest BCUT2D eigenvalue weighted by Gasteiger charge is 2.41. The molecule has 0 saturated heterocycles. The standard InChI is InChI=1S/C16H27N3O2/c1-10(2)8-18-15-7-16(21)14(9-20)13(15)6-12-4-5-17-11(3)19-12/h4-5,10,13-16,18,20-21H,6-9H2,1-3H3. The van der Waals surface area contributed by atoms with E-state index in [4.69, 9.17) is 0 Å². The molecule has 4 unspecified atom stereocenters. The first kappa shape index (κ1) is 16.3. The Hall–Kier alpha value is -1.04. The van der Waals surface area contributed by atoms with Gasteiger partial charge in [-0.15, -0.1) is 0 Å². The molecule has 1 saturated carbocycles. The van der Waals surface area contributed by atoms with Crippen molar-refractivity contribution in [3.8, 4) is 0 Å². The summed E-state index contributed by atoms with van der Waals surface area (Å²) in [7, 11) is 0. The van der Waals surface area contributed by atoms with E-state index in [9.17, 15) is 10.2 Å². The lowest BCUT2D eigenvalue weighted by molar-refractivity contribution is 0.0716. The van der Waals surface area contributed by atoms with Gasteiger partial charge >= 0.3 is 0 Å². The number of aliphatic hydroxyl groups excluding tert-OH is 2. The van der Waals surface area contributed by atoms with Gasteiger partial charge in [0.1, 0.15) is 5.82 Å². The van der Waals surface area contributed by atoms with Crippen LogP contribution in [0.5, 0.6) is 0 Å². The zero-order chi connectivity index (χ0) is 15.4. The van der Waals surface area contributed by atoms with Gasteiger partial charge in [0.05, 0.1) is 6.10 Å². The average molecular weight is 293 g/mol. The lowest BCUT2D eigenvalue weighted by atomic mass is 9.88. The molecule has 1 aliphatic carbocycles. The maximum atomic E-state index is 10.2. The van der Waals surface area contributed by atoms with Gasteiger partial charge in [0.2, 0.25) is 0 Å². The van der Waals surface area contributed by atoms with Crippen LogP contribution in [0.4, 0.5) is 0 Å². The van der Waals surface area contributed by atoms with Crippen molar-refractivity contribution >= 4 is 0 Å². The lowest BCUT2D eigenvalue weighted by Crippen LogP contribution is -2.38. The molecular weight excluding hydrogens is 266 g/mol. The van der Waals surface area contributed by atoms with Gasteiger partial charge < -0.3 is 15.5 Å². The number of nitrogens with zero attached hydrogens (tertiary/aromatic N) is 2. The second-order valence-corrected chi connectivity index (χ2v) is 6.52. The molecule has 5 heteroatoms. The summed E-state index contributed by atoms with van der Waals surface area (Å²) in [5.41, 5.74) is 0.983. The number of aliphatic hydroxyl groups is 2. The summed E-state index contributed by atoms with van der Waals surface area (Å²) in [6, 6.07) is 2.15. The van der Waals surface area contributed by atoms with Crippen molar-refractivity contribution in [2.75, 3.05) is 13.2 Å². The topological polar surface area (TPSA) is 78.3 Å². The smallest absolute Gasteiger partial charge is 0.125 e. The Morgan fingerprint density at radius 1 is 1.38 bits per heavy atom. The predicted octanol–water partition coefficient (Wildman–Crippen LogP) is 0.931. The van der Waals surface area contributed by atoms with Crippen LogP contribution in [0.15, 0.2) is 12.3 Å². The Labute approximate surface area is 126 Å². The fourth-order valence-electron chi connectivity index (χ4n) is 3.23. The highest BCUT2D eigenvalue weighted by Crippen LogP contribution is 2.34. The number of hydrogen-bond acceptors (Lipinski definition) is 5. The fraction of sp³-hybridized carbons (Fsp3) is 0.750. The maximum Gasteiger partial charge on any atom is 0.125 e. The Bertz CT molecular complexity index is 453. The van der Waals surface area contributed by atoms with Gasteiger partial charge in [0.25, 0.3) is 0 Å². The first-order chi connectivity index (χ1) is 10.0. The third-order valence-corrected chi connectivity index (χ3v) is 4.33. The molecule has 4 atom stereocenters. The van der Waals surface area contributed by atoms with Crippen LogP contribution in [0, 0.1) is 24.7 Å². The highest BCUT2D eigenvalue weighted by atomic mass is 16.3. The molecule has 1 aliphatic rings. The molecule has 21 heavy (non-hydrogen) atoms. The summed E-state index contributed by atoms with van der Waals surface area (Å²) in [4.78, 5) is 8.58. The fourth-order valence-corrected chi connectivity index (χ4v) is 3.23. The van der Waals surface area contributed by atoms with Crippen LogP contribution in [0.25, 0.3) is 0 Å². The van der Waals surface area contributed by atoms with Gasteiger partial charge in [-0.2, -0.15) is 0 Å². The van der Waals surface area contributed by atoms with E-state index in [1.807, 2.05) is 13.0 Å².